The van der Waals surface area contributed by atoms with Crippen LogP contribution in [0, 0.1) is 11.8 Å². The van der Waals surface area contributed by atoms with E-state index in [2.05, 4.69) is 5.32 Å². The zero-order chi connectivity index (χ0) is 11.8. The van der Waals surface area contributed by atoms with Crippen LogP contribution in [0.3, 0.4) is 0 Å². The molecule has 3 rings (SSSR count). The number of anilines is 2. The topological polar surface area (TPSA) is 47.3 Å². The van der Waals surface area contributed by atoms with E-state index in [1.54, 1.807) is 7.11 Å². The van der Waals surface area contributed by atoms with Crippen LogP contribution in [0.1, 0.15) is 25.7 Å². The monoisotopic (exact) mass is 232 g/mol. The molecule has 0 radical (unpaired) electrons. The highest BCUT2D eigenvalue weighted by Gasteiger charge is 2.39. The highest BCUT2D eigenvalue weighted by molar-refractivity contribution is 5.63. The Morgan fingerprint density at radius 1 is 1.29 bits per heavy atom. The van der Waals surface area contributed by atoms with Gasteiger partial charge in [-0.05, 0) is 43.2 Å². The first-order chi connectivity index (χ1) is 8.26. The van der Waals surface area contributed by atoms with Crippen molar-refractivity contribution in [3.8, 4) is 5.75 Å². The standard InChI is InChI=1S/C14H20N2O/c1-17-14-8-11(15)4-5-12(14)16-13-7-9-2-3-10(13)6-9/h4-5,8-10,13,16H,2-3,6-7,15H2,1H3. The minimum Gasteiger partial charge on any atom is -0.495 e. The molecule has 2 aliphatic carbocycles. The van der Waals surface area contributed by atoms with Crippen molar-refractivity contribution < 1.29 is 4.74 Å². The third-order valence-corrected chi connectivity index (χ3v) is 4.30. The van der Waals surface area contributed by atoms with Gasteiger partial charge in [0.15, 0.2) is 0 Å². The van der Waals surface area contributed by atoms with E-state index in [-0.39, 0.29) is 0 Å². The minimum atomic E-state index is 0.631. The molecule has 0 amide bonds. The van der Waals surface area contributed by atoms with Crippen LogP contribution in [-0.2, 0) is 0 Å². The summed E-state index contributed by atoms with van der Waals surface area (Å²) in [5.41, 5.74) is 7.60. The molecule has 92 valence electrons. The van der Waals surface area contributed by atoms with E-state index < -0.39 is 0 Å². The molecule has 1 aromatic rings. The van der Waals surface area contributed by atoms with Crippen molar-refractivity contribution in [2.45, 2.75) is 31.7 Å². The highest BCUT2D eigenvalue weighted by Crippen LogP contribution is 2.46. The van der Waals surface area contributed by atoms with E-state index in [0.29, 0.717) is 6.04 Å². The number of nitrogen functional groups attached to an aromatic ring is 1. The van der Waals surface area contributed by atoms with Gasteiger partial charge in [-0.25, -0.2) is 0 Å². The van der Waals surface area contributed by atoms with Crippen molar-refractivity contribution in [1.29, 1.82) is 0 Å². The van der Waals surface area contributed by atoms with Gasteiger partial charge < -0.3 is 15.8 Å². The van der Waals surface area contributed by atoms with Crippen molar-refractivity contribution in [3.05, 3.63) is 18.2 Å². The molecule has 17 heavy (non-hydrogen) atoms. The maximum absolute atomic E-state index is 5.76. The summed E-state index contributed by atoms with van der Waals surface area (Å²) in [6.45, 7) is 0. The van der Waals surface area contributed by atoms with Crippen LogP contribution >= 0.6 is 0 Å². The Labute approximate surface area is 102 Å². The van der Waals surface area contributed by atoms with Gasteiger partial charge in [0.25, 0.3) is 0 Å². The predicted molar refractivity (Wildman–Crippen MR) is 70.3 cm³/mol. The summed E-state index contributed by atoms with van der Waals surface area (Å²) in [4.78, 5) is 0. The molecule has 3 N–H and O–H groups in total. The maximum atomic E-state index is 5.76. The van der Waals surface area contributed by atoms with Gasteiger partial charge in [0.2, 0.25) is 0 Å². The van der Waals surface area contributed by atoms with Crippen molar-refractivity contribution in [3.63, 3.8) is 0 Å². The predicted octanol–water partition coefficient (Wildman–Crippen LogP) is 2.88. The fourth-order valence-corrected chi connectivity index (χ4v) is 3.45. The molecule has 2 fully saturated rings. The van der Waals surface area contributed by atoms with Crippen LogP contribution in [0.4, 0.5) is 11.4 Å². The van der Waals surface area contributed by atoms with Crippen LogP contribution in [0.2, 0.25) is 0 Å². The first kappa shape index (κ1) is 10.8. The van der Waals surface area contributed by atoms with Gasteiger partial charge in [-0.1, -0.05) is 6.42 Å². The second kappa shape index (κ2) is 4.13. The average Bonchev–Trinajstić information content (AvgIpc) is 2.93. The number of nitrogens with two attached hydrogens (primary N) is 1. The molecule has 2 aliphatic rings. The van der Waals surface area contributed by atoms with E-state index >= 15 is 0 Å². The number of fused-ring (bicyclic) bond motifs is 2. The molecule has 0 aliphatic heterocycles. The summed E-state index contributed by atoms with van der Waals surface area (Å²) in [5.74, 6) is 2.67. The van der Waals surface area contributed by atoms with E-state index in [1.165, 1.54) is 25.7 Å². The van der Waals surface area contributed by atoms with Crippen molar-refractivity contribution in [2.24, 2.45) is 11.8 Å². The fraction of sp³-hybridized carbons (Fsp3) is 0.571. The molecular weight excluding hydrogens is 212 g/mol. The number of methoxy groups -OCH3 is 1. The molecule has 2 saturated carbocycles. The van der Waals surface area contributed by atoms with Gasteiger partial charge >= 0.3 is 0 Å². The first-order valence-electron chi connectivity index (χ1n) is 6.46. The van der Waals surface area contributed by atoms with Crippen LogP contribution < -0.4 is 15.8 Å². The van der Waals surface area contributed by atoms with Crippen LogP contribution in [-0.4, -0.2) is 13.2 Å². The highest BCUT2D eigenvalue weighted by atomic mass is 16.5. The lowest BCUT2D eigenvalue weighted by Crippen LogP contribution is -2.26. The zero-order valence-corrected chi connectivity index (χ0v) is 10.3. The summed E-state index contributed by atoms with van der Waals surface area (Å²) >= 11 is 0. The summed E-state index contributed by atoms with van der Waals surface area (Å²) in [6, 6.07) is 6.47. The Balaban J connectivity index is 1.76. The Morgan fingerprint density at radius 3 is 2.82 bits per heavy atom. The zero-order valence-electron chi connectivity index (χ0n) is 10.3. The normalized spacial score (nSPS) is 30.5. The van der Waals surface area contributed by atoms with Gasteiger partial charge in [0.05, 0.1) is 12.8 Å². The molecular formula is C14H20N2O. The molecule has 3 unspecified atom stereocenters. The largest absolute Gasteiger partial charge is 0.495 e. The number of ether oxygens (including phenoxy) is 1. The SMILES string of the molecule is COc1cc(N)ccc1NC1CC2CCC1C2. The van der Waals surface area contributed by atoms with Crippen LogP contribution in [0.5, 0.6) is 5.75 Å². The van der Waals surface area contributed by atoms with Crippen LogP contribution in [0.15, 0.2) is 18.2 Å². The Morgan fingerprint density at radius 2 is 2.18 bits per heavy atom. The fourth-order valence-electron chi connectivity index (χ4n) is 3.45. The lowest BCUT2D eigenvalue weighted by molar-refractivity contribution is 0.410. The Kier molecular flexibility index (Phi) is 2.61. The van der Waals surface area contributed by atoms with Crippen LogP contribution in [0.25, 0.3) is 0 Å². The van der Waals surface area contributed by atoms with Gasteiger partial charge in [-0.15, -0.1) is 0 Å². The van der Waals surface area contributed by atoms with Gasteiger partial charge in [-0.2, -0.15) is 0 Å². The summed E-state index contributed by atoms with van der Waals surface area (Å²) in [6.07, 6.45) is 5.55. The molecule has 0 spiro atoms. The first-order valence-corrected chi connectivity index (χ1v) is 6.46. The molecule has 0 aromatic heterocycles. The average molecular weight is 232 g/mol. The number of nitrogens with one attached hydrogen (secondary N) is 1. The van der Waals surface area contributed by atoms with E-state index in [4.69, 9.17) is 10.5 Å². The van der Waals surface area contributed by atoms with Crippen molar-refractivity contribution in [1.82, 2.24) is 0 Å². The molecule has 3 atom stereocenters. The lowest BCUT2D eigenvalue weighted by atomic mass is 9.95. The molecule has 0 saturated heterocycles. The summed E-state index contributed by atoms with van der Waals surface area (Å²) in [7, 11) is 1.70. The molecule has 3 heteroatoms. The molecule has 3 nitrogen and oxygen atoms in total. The number of hydrogen-bond acceptors (Lipinski definition) is 3. The third kappa shape index (κ3) is 1.94. The molecule has 1 aromatic carbocycles. The third-order valence-electron chi connectivity index (χ3n) is 4.30. The van der Waals surface area contributed by atoms with Gasteiger partial charge in [-0.3, -0.25) is 0 Å². The number of rotatable bonds is 3. The smallest absolute Gasteiger partial charge is 0.144 e. The van der Waals surface area contributed by atoms with Gasteiger partial charge in [0, 0.05) is 17.8 Å². The quantitative estimate of drug-likeness (QED) is 0.788. The minimum absolute atomic E-state index is 0.631. The molecule has 2 bridgehead atoms. The number of benzene rings is 1. The maximum Gasteiger partial charge on any atom is 0.144 e. The molecule has 0 heterocycles. The number of hydrogen-bond donors (Lipinski definition) is 2. The Bertz CT molecular complexity index is 419. The summed E-state index contributed by atoms with van der Waals surface area (Å²) in [5, 5.41) is 3.64. The van der Waals surface area contributed by atoms with Crippen molar-refractivity contribution >= 4 is 11.4 Å². The van der Waals surface area contributed by atoms with Crippen molar-refractivity contribution in [2.75, 3.05) is 18.2 Å². The second-order valence-corrected chi connectivity index (χ2v) is 5.39. The van der Waals surface area contributed by atoms with E-state index in [1.807, 2.05) is 18.2 Å². The van der Waals surface area contributed by atoms with E-state index in [9.17, 15) is 0 Å². The lowest BCUT2D eigenvalue weighted by Gasteiger charge is -2.25. The summed E-state index contributed by atoms with van der Waals surface area (Å²) < 4.78 is 5.37. The van der Waals surface area contributed by atoms with Gasteiger partial charge in [0.1, 0.15) is 5.75 Å². The Hall–Kier alpha value is -1.38. The van der Waals surface area contributed by atoms with E-state index in [0.717, 1.165) is 29.0 Å². The second-order valence-electron chi connectivity index (χ2n) is 5.39.